The fraction of sp³-hybridized carbons (Fsp3) is 0.188. The number of rotatable bonds is 4. The lowest BCUT2D eigenvalue weighted by Gasteiger charge is -2.13. The van der Waals surface area contributed by atoms with Crippen molar-refractivity contribution in [2.45, 2.75) is 5.25 Å². The van der Waals surface area contributed by atoms with Gasteiger partial charge in [0.05, 0.1) is 7.11 Å². The van der Waals surface area contributed by atoms with Gasteiger partial charge >= 0.3 is 5.97 Å². The van der Waals surface area contributed by atoms with E-state index in [1.807, 2.05) is 0 Å². The minimum atomic E-state index is -1.39. The van der Waals surface area contributed by atoms with Gasteiger partial charge in [-0.2, -0.15) is 0 Å². The van der Waals surface area contributed by atoms with Crippen molar-refractivity contribution in [1.29, 1.82) is 0 Å². The van der Waals surface area contributed by atoms with Crippen LogP contribution in [0.2, 0.25) is 0 Å². The fourth-order valence-electron chi connectivity index (χ4n) is 2.10. The Hall–Kier alpha value is -2.01. The van der Waals surface area contributed by atoms with E-state index in [1.54, 1.807) is 42.5 Å². The van der Waals surface area contributed by atoms with E-state index >= 15 is 0 Å². The molecule has 0 saturated heterocycles. The van der Waals surface area contributed by atoms with Crippen LogP contribution in [-0.2, 0) is 20.3 Å². The molecule has 21 heavy (non-hydrogen) atoms. The molecule has 0 bridgehead atoms. The predicted octanol–water partition coefficient (Wildman–Crippen LogP) is 3.09. The maximum atomic E-state index is 13.7. The molecule has 0 N–H and O–H groups in total. The molecule has 2 aromatic carbocycles. The van der Waals surface area contributed by atoms with Crippen LogP contribution in [0.4, 0.5) is 4.39 Å². The van der Waals surface area contributed by atoms with Gasteiger partial charge in [-0.1, -0.05) is 42.5 Å². The molecule has 0 amide bonds. The molecule has 0 saturated carbocycles. The summed E-state index contributed by atoms with van der Waals surface area (Å²) in [6.45, 7) is 0. The topological polar surface area (TPSA) is 43.4 Å². The molecule has 0 radical (unpaired) electrons. The highest BCUT2D eigenvalue weighted by atomic mass is 32.2. The molecule has 2 rings (SSSR count). The Morgan fingerprint density at radius 1 is 1.14 bits per heavy atom. The van der Waals surface area contributed by atoms with E-state index in [4.69, 9.17) is 0 Å². The summed E-state index contributed by atoms with van der Waals surface area (Å²) in [5, 5.41) is -0.829. The first-order valence-corrected chi connectivity index (χ1v) is 7.91. The number of hydrogen-bond donors (Lipinski definition) is 0. The van der Waals surface area contributed by atoms with Gasteiger partial charge in [0.2, 0.25) is 0 Å². The van der Waals surface area contributed by atoms with Gasteiger partial charge in [-0.3, -0.25) is 9.00 Å². The lowest BCUT2D eigenvalue weighted by molar-refractivity contribution is -0.140. The van der Waals surface area contributed by atoms with E-state index < -0.39 is 22.0 Å². The van der Waals surface area contributed by atoms with Crippen LogP contribution in [0.3, 0.4) is 0 Å². The van der Waals surface area contributed by atoms with Gasteiger partial charge in [-0.15, -0.1) is 0 Å². The second-order valence-corrected chi connectivity index (χ2v) is 5.97. The Labute approximate surface area is 125 Å². The quantitative estimate of drug-likeness (QED) is 0.815. The van der Waals surface area contributed by atoms with E-state index in [2.05, 4.69) is 4.74 Å². The van der Waals surface area contributed by atoms with Crippen LogP contribution in [0.15, 0.2) is 48.5 Å². The van der Waals surface area contributed by atoms with Gasteiger partial charge in [0.25, 0.3) is 0 Å². The summed E-state index contributed by atoms with van der Waals surface area (Å²) < 4.78 is 30.1. The third kappa shape index (κ3) is 3.36. The Bertz CT molecular complexity index is 667. The second kappa shape index (κ2) is 6.63. The van der Waals surface area contributed by atoms with E-state index in [-0.39, 0.29) is 5.82 Å². The largest absolute Gasteiger partial charge is 0.468 e. The molecule has 0 aliphatic heterocycles. The minimum Gasteiger partial charge on any atom is -0.468 e. The van der Waals surface area contributed by atoms with Crippen molar-refractivity contribution >= 4 is 16.8 Å². The number of hydrogen-bond acceptors (Lipinski definition) is 3. The average molecular weight is 306 g/mol. The molecule has 2 atom stereocenters. The molecule has 0 aliphatic carbocycles. The van der Waals surface area contributed by atoms with Crippen LogP contribution in [0.5, 0.6) is 0 Å². The Balaban J connectivity index is 2.36. The molecular formula is C16H15FO3S. The van der Waals surface area contributed by atoms with Crippen molar-refractivity contribution in [3.8, 4) is 11.1 Å². The normalized spacial score (nSPS) is 13.5. The standard InChI is InChI=1S/C16H15FO3S/c1-20-16(18)15(21(2)19)12-9-7-11(8-10-12)13-5-3-4-6-14(13)17/h3-10,15H,1-2H3. The van der Waals surface area contributed by atoms with Gasteiger partial charge in [0, 0.05) is 22.6 Å². The molecular weight excluding hydrogens is 291 g/mol. The van der Waals surface area contributed by atoms with Crippen molar-refractivity contribution in [3.05, 3.63) is 59.9 Å². The number of methoxy groups -OCH3 is 1. The SMILES string of the molecule is COC(=O)C(c1ccc(-c2ccccc2F)cc1)S(C)=O. The number of benzene rings is 2. The Kier molecular flexibility index (Phi) is 4.85. The molecule has 0 heterocycles. The third-order valence-electron chi connectivity index (χ3n) is 3.15. The van der Waals surface area contributed by atoms with Gasteiger partial charge in [0.1, 0.15) is 5.82 Å². The minimum absolute atomic E-state index is 0.311. The van der Waals surface area contributed by atoms with Crippen LogP contribution >= 0.6 is 0 Å². The number of halogens is 1. The predicted molar refractivity (Wildman–Crippen MR) is 80.7 cm³/mol. The molecule has 0 aliphatic rings. The number of esters is 1. The van der Waals surface area contributed by atoms with E-state index in [0.717, 1.165) is 0 Å². The molecule has 3 nitrogen and oxygen atoms in total. The number of ether oxygens (including phenoxy) is 1. The monoisotopic (exact) mass is 306 g/mol. The zero-order chi connectivity index (χ0) is 15.4. The van der Waals surface area contributed by atoms with Gasteiger partial charge in [-0.05, 0) is 17.2 Å². The summed E-state index contributed by atoms with van der Waals surface area (Å²) in [7, 11) is -0.129. The summed E-state index contributed by atoms with van der Waals surface area (Å²) in [5.74, 6) is -0.858. The van der Waals surface area contributed by atoms with E-state index in [9.17, 15) is 13.4 Å². The summed E-state index contributed by atoms with van der Waals surface area (Å²) in [4.78, 5) is 11.7. The zero-order valence-corrected chi connectivity index (χ0v) is 12.5. The highest BCUT2D eigenvalue weighted by Gasteiger charge is 2.25. The summed E-state index contributed by atoms with van der Waals surface area (Å²) >= 11 is 0. The summed E-state index contributed by atoms with van der Waals surface area (Å²) in [6, 6.07) is 13.2. The van der Waals surface area contributed by atoms with Crippen molar-refractivity contribution in [2.75, 3.05) is 13.4 Å². The van der Waals surface area contributed by atoms with Crippen molar-refractivity contribution in [2.24, 2.45) is 0 Å². The van der Waals surface area contributed by atoms with Gasteiger partial charge in [-0.25, -0.2) is 4.39 Å². The van der Waals surface area contributed by atoms with Crippen molar-refractivity contribution < 1.29 is 18.1 Å². The maximum absolute atomic E-state index is 13.7. The maximum Gasteiger partial charge on any atom is 0.325 e. The first-order chi connectivity index (χ1) is 10.0. The lowest BCUT2D eigenvalue weighted by Crippen LogP contribution is -2.18. The highest BCUT2D eigenvalue weighted by molar-refractivity contribution is 7.85. The first-order valence-electron chi connectivity index (χ1n) is 6.29. The van der Waals surface area contributed by atoms with Gasteiger partial charge < -0.3 is 4.74 Å². The molecule has 5 heteroatoms. The zero-order valence-electron chi connectivity index (χ0n) is 11.7. The molecule has 2 unspecified atom stereocenters. The van der Waals surface area contributed by atoms with Crippen LogP contribution in [0.25, 0.3) is 11.1 Å². The van der Waals surface area contributed by atoms with Crippen LogP contribution < -0.4 is 0 Å². The fourth-order valence-corrected chi connectivity index (χ4v) is 3.01. The first kappa shape index (κ1) is 15.4. The van der Waals surface area contributed by atoms with Gasteiger partial charge in [0.15, 0.2) is 5.25 Å². The van der Waals surface area contributed by atoms with E-state index in [0.29, 0.717) is 16.7 Å². The number of carbonyl (C=O) groups excluding carboxylic acids is 1. The molecule has 0 spiro atoms. The smallest absolute Gasteiger partial charge is 0.325 e. The van der Waals surface area contributed by atoms with Crippen LogP contribution in [-0.4, -0.2) is 23.5 Å². The van der Waals surface area contributed by atoms with Crippen LogP contribution in [0.1, 0.15) is 10.8 Å². The third-order valence-corrected chi connectivity index (χ3v) is 4.27. The second-order valence-electron chi connectivity index (χ2n) is 4.50. The molecule has 0 aromatic heterocycles. The number of carbonyl (C=O) groups is 1. The summed E-state index contributed by atoms with van der Waals surface area (Å²) in [5.41, 5.74) is 1.77. The van der Waals surface area contributed by atoms with E-state index in [1.165, 1.54) is 19.4 Å². The Morgan fingerprint density at radius 2 is 1.76 bits per heavy atom. The average Bonchev–Trinajstić information content (AvgIpc) is 2.48. The Morgan fingerprint density at radius 3 is 2.29 bits per heavy atom. The van der Waals surface area contributed by atoms with Crippen LogP contribution in [0, 0.1) is 5.82 Å². The van der Waals surface area contributed by atoms with Crippen molar-refractivity contribution in [1.82, 2.24) is 0 Å². The molecule has 110 valence electrons. The molecule has 2 aromatic rings. The lowest BCUT2D eigenvalue weighted by atomic mass is 10.0. The summed E-state index contributed by atoms with van der Waals surface area (Å²) in [6.07, 6.45) is 1.45. The molecule has 0 fully saturated rings. The van der Waals surface area contributed by atoms with Crippen molar-refractivity contribution in [3.63, 3.8) is 0 Å². The highest BCUT2D eigenvalue weighted by Crippen LogP contribution is 2.26.